The van der Waals surface area contributed by atoms with Crippen LogP contribution in [0, 0.1) is 5.41 Å². The van der Waals surface area contributed by atoms with Gasteiger partial charge in [-0.25, -0.2) is 4.79 Å². The molecular formula is C15H18N2O3. The lowest BCUT2D eigenvalue weighted by molar-refractivity contribution is -0.140. The molecule has 0 aliphatic carbocycles. The monoisotopic (exact) mass is 274 g/mol. The van der Waals surface area contributed by atoms with Gasteiger partial charge in [-0.3, -0.25) is 9.69 Å². The van der Waals surface area contributed by atoms with Crippen molar-refractivity contribution in [2.75, 3.05) is 18.0 Å². The van der Waals surface area contributed by atoms with Gasteiger partial charge in [0.2, 0.25) is 5.91 Å². The van der Waals surface area contributed by atoms with Crippen LogP contribution in [-0.4, -0.2) is 36.1 Å². The van der Waals surface area contributed by atoms with Crippen molar-refractivity contribution in [3.63, 3.8) is 0 Å². The molecule has 0 saturated carbocycles. The number of carboxylic acid groups (broad SMARTS) is 1. The molecule has 106 valence electrons. The summed E-state index contributed by atoms with van der Waals surface area (Å²) in [5.74, 6) is -1.02. The fourth-order valence-electron chi connectivity index (χ4n) is 3.12. The lowest BCUT2D eigenvalue weighted by Gasteiger charge is -2.31. The SMILES string of the molecule is CC1(C(=O)N2c3ccccc3CC2C(=O)O)CCNC1. The number of nitrogens with zero attached hydrogens (tertiary/aromatic N) is 1. The standard InChI is InChI=1S/C15H18N2O3/c1-15(6-7-16-9-15)14(20)17-11-5-3-2-4-10(11)8-12(17)13(18)19/h2-5,12,16H,6-9H2,1H3,(H,18,19). The third kappa shape index (κ3) is 1.89. The third-order valence-corrected chi connectivity index (χ3v) is 4.36. The lowest BCUT2D eigenvalue weighted by atomic mass is 9.87. The molecule has 0 bridgehead atoms. The van der Waals surface area contributed by atoms with E-state index in [0.717, 1.165) is 24.2 Å². The quantitative estimate of drug-likeness (QED) is 0.845. The number of amides is 1. The van der Waals surface area contributed by atoms with E-state index in [1.165, 1.54) is 4.90 Å². The molecule has 2 atom stereocenters. The molecule has 1 fully saturated rings. The number of hydrogen-bond donors (Lipinski definition) is 2. The van der Waals surface area contributed by atoms with Crippen LogP contribution in [0.2, 0.25) is 0 Å². The highest BCUT2D eigenvalue weighted by molar-refractivity contribution is 6.04. The number of benzene rings is 1. The molecule has 2 heterocycles. The van der Waals surface area contributed by atoms with E-state index in [2.05, 4.69) is 5.32 Å². The zero-order chi connectivity index (χ0) is 14.3. The molecule has 1 aromatic carbocycles. The van der Waals surface area contributed by atoms with Crippen LogP contribution in [0.3, 0.4) is 0 Å². The molecule has 1 saturated heterocycles. The van der Waals surface area contributed by atoms with Gasteiger partial charge in [0.15, 0.2) is 0 Å². The maximum absolute atomic E-state index is 12.9. The second kappa shape index (κ2) is 4.59. The van der Waals surface area contributed by atoms with Gasteiger partial charge in [-0.2, -0.15) is 0 Å². The molecule has 1 aromatic rings. The van der Waals surface area contributed by atoms with E-state index in [1.807, 2.05) is 31.2 Å². The highest BCUT2D eigenvalue weighted by Gasteiger charge is 2.46. The highest BCUT2D eigenvalue weighted by atomic mass is 16.4. The average molecular weight is 274 g/mol. The number of carbonyl (C=O) groups excluding carboxylic acids is 1. The van der Waals surface area contributed by atoms with Gasteiger partial charge in [-0.1, -0.05) is 18.2 Å². The van der Waals surface area contributed by atoms with Gasteiger partial charge < -0.3 is 10.4 Å². The van der Waals surface area contributed by atoms with E-state index in [-0.39, 0.29) is 5.91 Å². The van der Waals surface area contributed by atoms with Crippen LogP contribution >= 0.6 is 0 Å². The Kier molecular flexibility index (Phi) is 3.01. The number of para-hydroxylation sites is 1. The van der Waals surface area contributed by atoms with Crippen molar-refractivity contribution in [2.24, 2.45) is 5.41 Å². The van der Waals surface area contributed by atoms with E-state index in [0.29, 0.717) is 13.0 Å². The van der Waals surface area contributed by atoms with Crippen LogP contribution in [0.4, 0.5) is 5.69 Å². The maximum atomic E-state index is 12.9. The van der Waals surface area contributed by atoms with Gasteiger partial charge in [0.1, 0.15) is 6.04 Å². The summed E-state index contributed by atoms with van der Waals surface area (Å²) in [6, 6.07) is 6.68. The van der Waals surface area contributed by atoms with Crippen molar-refractivity contribution in [3.8, 4) is 0 Å². The largest absolute Gasteiger partial charge is 0.480 e. The number of carboxylic acids is 1. The Morgan fingerprint density at radius 2 is 2.15 bits per heavy atom. The van der Waals surface area contributed by atoms with Crippen LogP contribution in [-0.2, 0) is 16.0 Å². The Bertz CT molecular complexity index is 564. The first-order valence-electron chi connectivity index (χ1n) is 6.88. The summed E-state index contributed by atoms with van der Waals surface area (Å²) in [5, 5.41) is 12.6. The summed E-state index contributed by atoms with van der Waals surface area (Å²) in [5.41, 5.74) is 1.17. The van der Waals surface area contributed by atoms with E-state index < -0.39 is 17.4 Å². The Morgan fingerprint density at radius 3 is 2.80 bits per heavy atom. The molecule has 1 amide bonds. The van der Waals surface area contributed by atoms with Gasteiger partial charge in [-0.05, 0) is 31.5 Å². The second-order valence-electron chi connectivity index (χ2n) is 5.85. The second-order valence-corrected chi connectivity index (χ2v) is 5.85. The van der Waals surface area contributed by atoms with Gasteiger partial charge in [-0.15, -0.1) is 0 Å². The number of fused-ring (bicyclic) bond motifs is 1. The first-order chi connectivity index (χ1) is 9.53. The predicted molar refractivity (Wildman–Crippen MR) is 74.6 cm³/mol. The Labute approximate surface area is 117 Å². The van der Waals surface area contributed by atoms with E-state index in [1.54, 1.807) is 0 Å². The third-order valence-electron chi connectivity index (χ3n) is 4.36. The Hall–Kier alpha value is -1.88. The molecule has 20 heavy (non-hydrogen) atoms. The number of hydrogen-bond acceptors (Lipinski definition) is 3. The van der Waals surface area contributed by atoms with Crippen molar-refractivity contribution in [3.05, 3.63) is 29.8 Å². The molecule has 2 N–H and O–H groups in total. The van der Waals surface area contributed by atoms with Crippen molar-refractivity contribution in [1.82, 2.24) is 5.32 Å². The van der Waals surface area contributed by atoms with Gasteiger partial charge in [0.25, 0.3) is 0 Å². The zero-order valence-corrected chi connectivity index (χ0v) is 11.4. The number of nitrogens with one attached hydrogen (secondary N) is 1. The lowest BCUT2D eigenvalue weighted by Crippen LogP contribution is -2.50. The number of carbonyl (C=O) groups is 2. The average Bonchev–Trinajstić information content (AvgIpc) is 3.02. The van der Waals surface area contributed by atoms with Crippen LogP contribution < -0.4 is 10.2 Å². The number of anilines is 1. The van der Waals surface area contributed by atoms with E-state index in [4.69, 9.17) is 0 Å². The maximum Gasteiger partial charge on any atom is 0.327 e. The van der Waals surface area contributed by atoms with Crippen LogP contribution in [0.5, 0.6) is 0 Å². The minimum absolute atomic E-state index is 0.0835. The molecule has 5 heteroatoms. The summed E-state index contributed by atoms with van der Waals surface area (Å²) < 4.78 is 0. The molecule has 5 nitrogen and oxygen atoms in total. The highest BCUT2D eigenvalue weighted by Crippen LogP contribution is 2.37. The number of aliphatic carboxylic acids is 1. The van der Waals surface area contributed by atoms with E-state index in [9.17, 15) is 14.7 Å². The Morgan fingerprint density at radius 1 is 1.40 bits per heavy atom. The topological polar surface area (TPSA) is 69.6 Å². The minimum atomic E-state index is -0.941. The molecule has 2 aliphatic rings. The van der Waals surface area contributed by atoms with Gasteiger partial charge in [0, 0.05) is 18.7 Å². The smallest absolute Gasteiger partial charge is 0.327 e. The van der Waals surface area contributed by atoms with Gasteiger partial charge >= 0.3 is 5.97 Å². The molecule has 3 rings (SSSR count). The first kappa shape index (κ1) is 13.1. The fraction of sp³-hybridized carbons (Fsp3) is 0.467. The van der Waals surface area contributed by atoms with Crippen LogP contribution in [0.25, 0.3) is 0 Å². The van der Waals surface area contributed by atoms with Crippen molar-refractivity contribution in [2.45, 2.75) is 25.8 Å². The summed E-state index contributed by atoms with van der Waals surface area (Å²) in [6.45, 7) is 3.32. The zero-order valence-electron chi connectivity index (χ0n) is 11.4. The molecule has 0 spiro atoms. The minimum Gasteiger partial charge on any atom is -0.480 e. The predicted octanol–water partition coefficient (Wildman–Crippen LogP) is 1.03. The normalized spacial score (nSPS) is 28.4. The van der Waals surface area contributed by atoms with Crippen molar-refractivity contribution in [1.29, 1.82) is 0 Å². The van der Waals surface area contributed by atoms with E-state index >= 15 is 0 Å². The molecule has 2 unspecified atom stereocenters. The first-order valence-corrected chi connectivity index (χ1v) is 6.88. The van der Waals surface area contributed by atoms with Crippen LogP contribution in [0.1, 0.15) is 18.9 Å². The molecular weight excluding hydrogens is 256 g/mol. The van der Waals surface area contributed by atoms with Crippen molar-refractivity contribution < 1.29 is 14.7 Å². The number of rotatable bonds is 2. The summed E-state index contributed by atoms with van der Waals surface area (Å²) in [7, 11) is 0. The Balaban J connectivity index is 2.00. The summed E-state index contributed by atoms with van der Waals surface area (Å²) in [4.78, 5) is 25.9. The van der Waals surface area contributed by atoms with Crippen LogP contribution in [0.15, 0.2) is 24.3 Å². The molecule has 0 aromatic heterocycles. The fourth-order valence-corrected chi connectivity index (χ4v) is 3.12. The molecule has 0 radical (unpaired) electrons. The molecule has 2 aliphatic heterocycles. The van der Waals surface area contributed by atoms with Crippen molar-refractivity contribution >= 4 is 17.6 Å². The summed E-state index contributed by atoms with van der Waals surface area (Å²) >= 11 is 0. The van der Waals surface area contributed by atoms with Gasteiger partial charge in [0.05, 0.1) is 5.41 Å². The summed E-state index contributed by atoms with van der Waals surface area (Å²) in [6.07, 6.45) is 1.14.